The molecule has 0 amide bonds. The fourth-order valence-electron chi connectivity index (χ4n) is 2.88. The maximum Gasteiger partial charge on any atom is 0.0185 e. The minimum Gasteiger partial charge on any atom is -0.317 e. The van der Waals surface area contributed by atoms with Crippen molar-refractivity contribution in [1.29, 1.82) is 0 Å². The number of benzene rings is 1. The normalized spacial score (nSPS) is 15.9. The minimum absolute atomic E-state index is 0. The summed E-state index contributed by atoms with van der Waals surface area (Å²) in [7, 11) is 0. The van der Waals surface area contributed by atoms with Crippen molar-refractivity contribution >= 4 is 24.2 Å². The molecule has 1 N–H and O–H groups in total. The van der Waals surface area contributed by atoms with Gasteiger partial charge in [0.05, 0.1) is 0 Å². The molecule has 4 heteroatoms. The highest BCUT2D eigenvalue weighted by atomic mass is 35.5. The topological polar surface area (TPSA) is 15.3 Å². The van der Waals surface area contributed by atoms with Gasteiger partial charge in [0.1, 0.15) is 0 Å². The van der Waals surface area contributed by atoms with Crippen LogP contribution in [0.5, 0.6) is 0 Å². The third-order valence-electron chi connectivity index (χ3n) is 3.97. The molecule has 21 heavy (non-hydrogen) atoms. The Balaban J connectivity index is 0.00000220. The first-order valence-corrected chi connectivity index (χ1v) is 9.12. The molecule has 2 rings (SSSR count). The Hall–Kier alpha value is -0.220. The highest BCUT2D eigenvalue weighted by Gasteiger charge is 2.19. The van der Waals surface area contributed by atoms with E-state index in [1.54, 1.807) is 0 Å². The van der Waals surface area contributed by atoms with Gasteiger partial charge in [-0.15, -0.1) is 12.4 Å². The van der Waals surface area contributed by atoms with Gasteiger partial charge < -0.3 is 5.32 Å². The lowest BCUT2D eigenvalue weighted by molar-refractivity contribution is 0.172. The fourth-order valence-corrected chi connectivity index (χ4v) is 3.82. The molecule has 1 aliphatic heterocycles. The lowest BCUT2D eigenvalue weighted by Gasteiger charge is -2.34. The van der Waals surface area contributed by atoms with Gasteiger partial charge >= 0.3 is 0 Å². The summed E-state index contributed by atoms with van der Waals surface area (Å²) in [5, 5.41) is 3.47. The Morgan fingerprint density at radius 1 is 1.14 bits per heavy atom. The zero-order chi connectivity index (χ0) is 14.0. The van der Waals surface area contributed by atoms with Crippen molar-refractivity contribution < 1.29 is 0 Å². The van der Waals surface area contributed by atoms with E-state index in [0.29, 0.717) is 0 Å². The van der Waals surface area contributed by atoms with Crippen LogP contribution >= 0.6 is 24.2 Å². The molecule has 1 saturated heterocycles. The van der Waals surface area contributed by atoms with Crippen molar-refractivity contribution in [3.63, 3.8) is 0 Å². The lowest BCUT2D eigenvalue weighted by Crippen LogP contribution is -2.44. The van der Waals surface area contributed by atoms with Crippen LogP contribution in [0, 0.1) is 0 Å². The van der Waals surface area contributed by atoms with Crippen LogP contribution in [0.25, 0.3) is 0 Å². The molecule has 2 nitrogen and oxygen atoms in total. The van der Waals surface area contributed by atoms with Crippen molar-refractivity contribution in [2.75, 3.05) is 31.9 Å². The summed E-state index contributed by atoms with van der Waals surface area (Å²) < 4.78 is 0. The second kappa shape index (κ2) is 11.4. The largest absolute Gasteiger partial charge is 0.317 e. The van der Waals surface area contributed by atoms with Crippen LogP contribution in [0.1, 0.15) is 31.7 Å². The molecule has 0 radical (unpaired) electrons. The highest BCUT2D eigenvalue weighted by molar-refractivity contribution is 7.98. The maximum atomic E-state index is 3.47. The number of piperidine rings is 1. The van der Waals surface area contributed by atoms with Crippen LogP contribution in [0.15, 0.2) is 30.3 Å². The van der Waals surface area contributed by atoms with Crippen LogP contribution in [0.3, 0.4) is 0 Å². The van der Waals surface area contributed by atoms with Gasteiger partial charge in [0.25, 0.3) is 0 Å². The quantitative estimate of drug-likeness (QED) is 0.731. The molecular formula is C17H29ClN2S. The van der Waals surface area contributed by atoms with Gasteiger partial charge in [0, 0.05) is 24.1 Å². The summed E-state index contributed by atoms with van der Waals surface area (Å²) in [4.78, 5) is 2.72. The second-order valence-electron chi connectivity index (χ2n) is 5.56. The van der Waals surface area contributed by atoms with Crippen molar-refractivity contribution in [2.24, 2.45) is 0 Å². The molecule has 1 aliphatic rings. The van der Waals surface area contributed by atoms with Gasteiger partial charge in [0.15, 0.2) is 0 Å². The number of nitrogens with zero attached hydrogens (tertiary/aromatic N) is 1. The van der Waals surface area contributed by atoms with Crippen LogP contribution in [-0.4, -0.2) is 42.9 Å². The minimum atomic E-state index is 0. The zero-order valence-corrected chi connectivity index (χ0v) is 14.7. The van der Waals surface area contributed by atoms with Gasteiger partial charge in [-0.05, 0) is 44.5 Å². The summed E-state index contributed by atoms with van der Waals surface area (Å²) in [6.07, 6.45) is 3.92. The van der Waals surface area contributed by atoms with E-state index in [1.165, 1.54) is 56.8 Å². The van der Waals surface area contributed by atoms with Crippen molar-refractivity contribution in [3.05, 3.63) is 35.9 Å². The summed E-state index contributed by atoms with van der Waals surface area (Å²) in [5.41, 5.74) is 1.45. The van der Waals surface area contributed by atoms with E-state index >= 15 is 0 Å². The number of hydrogen-bond donors (Lipinski definition) is 1. The third-order valence-corrected chi connectivity index (χ3v) is 4.98. The molecular weight excluding hydrogens is 300 g/mol. The van der Waals surface area contributed by atoms with Crippen LogP contribution in [-0.2, 0) is 5.75 Å². The van der Waals surface area contributed by atoms with Crippen molar-refractivity contribution in [1.82, 2.24) is 10.2 Å². The molecule has 1 heterocycles. The molecule has 1 fully saturated rings. The van der Waals surface area contributed by atoms with Gasteiger partial charge in [-0.2, -0.15) is 11.8 Å². The Morgan fingerprint density at radius 2 is 1.86 bits per heavy atom. The molecule has 0 aliphatic carbocycles. The van der Waals surface area contributed by atoms with E-state index in [-0.39, 0.29) is 12.4 Å². The predicted octanol–water partition coefficient (Wildman–Crippen LogP) is 3.81. The maximum absolute atomic E-state index is 3.47. The van der Waals surface area contributed by atoms with E-state index in [0.717, 1.165) is 11.8 Å². The monoisotopic (exact) mass is 328 g/mol. The van der Waals surface area contributed by atoms with Crippen LogP contribution in [0.4, 0.5) is 0 Å². The summed E-state index contributed by atoms with van der Waals surface area (Å²) in [6, 6.07) is 11.6. The Morgan fingerprint density at radius 3 is 2.52 bits per heavy atom. The first-order chi connectivity index (χ1) is 9.90. The highest BCUT2D eigenvalue weighted by Crippen LogP contribution is 2.16. The van der Waals surface area contributed by atoms with Crippen molar-refractivity contribution in [3.8, 4) is 0 Å². The molecule has 0 atom stereocenters. The number of thioether (sulfide) groups is 1. The molecule has 1 aromatic rings. The van der Waals surface area contributed by atoms with Gasteiger partial charge in [0.2, 0.25) is 0 Å². The molecule has 0 spiro atoms. The predicted molar refractivity (Wildman–Crippen MR) is 97.6 cm³/mol. The summed E-state index contributed by atoms with van der Waals surface area (Å²) >= 11 is 2.07. The third kappa shape index (κ3) is 7.05. The van der Waals surface area contributed by atoms with E-state index < -0.39 is 0 Å². The van der Waals surface area contributed by atoms with E-state index in [2.05, 4.69) is 59.2 Å². The molecule has 0 bridgehead atoms. The molecule has 0 unspecified atom stereocenters. The SMILES string of the molecule is CCCN(CCSCc1ccccc1)C1CCNCC1.Cl. The smallest absolute Gasteiger partial charge is 0.0185 e. The Kier molecular flexibility index (Phi) is 10.2. The lowest BCUT2D eigenvalue weighted by atomic mass is 10.0. The number of nitrogens with one attached hydrogen (secondary N) is 1. The fraction of sp³-hybridized carbons (Fsp3) is 0.647. The number of rotatable bonds is 8. The summed E-state index contributed by atoms with van der Waals surface area (Å²) in [5.74, 6) is 2.39. The zero-order valence-electron chi connectivity index (χ0n) is 13.1. The molecule has 0 saturated carbocycles. The standard InChI is InChI=1S/C17H28N2S.ClH/c1-2-12-19(17-8-10-18-11-9-17)13-14-20-15-16-6-4-3-5-7-16;/h3-7,17-18H,2,8-15H2,1H3;1H. The van der Waals surface area contributed by atoms with Gasteiger partial charge in [-0.25, -0.2) is 0 Å². The van der Waals surface area contributed by atoms with Crippen molar-refractivity contribution in [2.45, 2.75) is 38.0 Å². The van der Waals surface area contributed by atoms with E-state index in [1.807, 2.05) is 0 Å². The second-order valence-corrected chi connectivity index (χ2v) is 6.66. The van der Waals surface area contributed by atoms with Crippen LogP contribution < -0.4 is 5.32 Å². The summed E-state index contributed by atoms with van der Waals surface area (Å²) in [6.45, 7) is 7.20. The van der Waals surface area contributed by atoms with E-state index in [4.69, 9.17) is 0 Å². The first-order valence-electron chi connectivity index (χ1n) is 7.96. The Bertz CT molecular complexity index is 355. The molecule has 120 valence electrons. The van der Waals surface area contributed by atoms with E-state index in [9.17, 15) is 0 Å². The average molecular weight is 329 g/mol. The molecule has 1 aromatic carbocycles. The van der Waals surface area contributed by atoms with Crippen LogP contribution in [0.2, 0.25) is 0 Å². The van der Waals surface area contributed by atoms with Gasteiger partial charge in [-0.1, -0.05) is 37.3 Å². The molecule has 0 aromatic heterocycles. The number of hydrogen-bond acceptors (Lipinski definition) is 3. The Labute approximate surface area is 140 Å². The van der Waals surface area contributed by atoms with Gasteiger partial charge in [-0.3, -0.25) is 4.90 Å². The average Bonchev–Trinajstić information content (AvgIpc) is 2.52. The number of halogens is 1. The first kappa shape index (κ1) is 18.8.